The first-order chi connectivity index (χ1) is 14.8. The smallest absolute Gasteiger partial charge is 0.306 e. The number of hydrogen-bond acceptors (Lipinski definition) is 6. The predicted molar refractivity (Wildman–Crippen MR) is 112 cm³/mol. The van der Waals surface area contributed by atoms with Gasteiger partial charge in [0, 0.05) is 22.0 Å². The Balaban J connectivity index is 1.59. The van der Waals surface area contributed by atoms with Gasteiger partial charge in [0.05, 0.1) is 6.42 Å². The van der Waals surface area contributed by atoms with E-state index in [1.807, 2.05) is 0 Å². The van der Waals surface area contributed by atoms with Crippen LogP contribution in [-0.2, 0) is 19.1 Å². The lowest BCUT2D eigenvalue weighted by Gasteiger charge is -2.09. The van der Waals surface area contributed by atoms with Crippen molar-refractivity contribution in [2.45, 2.75) is 12.8 Å². The third-order valence-corrected chi connectivity index (χ3v) is 4.22. The standard InChI is InChI=1S/C20H19BrN4O6/c21-15-8-6-14(7-9-15)20(30)25-23-17(27)12-31-18(28)11-10-16(26)22-24-19(29)13-4-2-1-3-5-13/h1-9H,10-12H2,(H,22,26)(H,23,27)(H,24,29)(H,25,30). The van der Waals surface area contributed by atoms with E-state index in [1.165, 1.54) is 0 Å². The Labute approximate surface area is 185 Å². The van der Waals surface area contributed by atoms with Crippen molar-refractivity contribution in [2.75, 3.05) is 6.61 Å². The summed E-state index contributed by atoms with van der Waals surface area (Å²) in [7, 11) is 0. The van der Waals surface area contributed by atoms with E-state index in [2.05, 4.69) is 37.6 Å². The molecule has 0 aliphatic carbocycles. The zero-order valence-corrected chi connectivity index (χ0v) is 17.7. The number of hydrogen-bond donors (Lipinski definition) is 4. The monoisotopic (exact) mass is 490 g/mol. The molecule has 0 unspecified atom stereocenters. The highest BCUT2D eigenvalue weighted by atomic mass is 79.9. The van der Waals surface area contributed by atoms with Crippen molar-refractivity contribution in [3.05, 3.63) is 70.2 Å². The molecule has 0 bridgehead atoms. The van der Waals surface area contributed by atoms with E-state index in [9.17, 15) is 24.0 Å². The van der Waals surface area contributed by atoms with Crippen LogP contribution in [0.2, 0.25) is 0 Å². The first-order valence-electron chi connectivity index (χ1n) is 9.00. The van der Waals surface area contributed by atoms with Gasteiger partial charge in [0.15, 0.2) is 6.61 Å². The van der Waals surface area contributed by atoms with E-state index in [4.69, 9.17) is 4.74 Å². The third-order valence-electron chi connectivity index (χ3n) is 3.69. The lowest BCUT2D eigenvalue weighted by atomic mass is 10.2. The summed E-state index contributed by atoms with van der Waals surface area (Å²) >= 11 is 3.24. The zero-order valence-electron chi connectivity index (χ0n) is 16.1. The van der Waals surface area contributed by atoms with Crippen LogP contribution in [0.3, 0.4) is 0 Å². The number of carbonyl (C=O) groups is 5. The Kier molecular flexibility index (Phi) is 9.17. The Morgan fingerprint density at radius 2 is 1.23 bits per heavy atom. The molecular formula is C20H19BrN4O6. The van der Waals surface area contributed by atoms with E-state index in [0.717, 1.165) is 4.47 Å². The van der Waals surface area contributed by atoms with Crippen LogP contribution in [0.4, 0.5) is 0 Å². The molecule has 0 aliphatic rings. The van der Waals surface area contributed by atoms with Gasteiger partial charge in [-0.3, -0.25) is 45.7 Å². The largest absolute Gasteiger partial charge is 0.455 e. The van der Waals surface area contributed by atoms with Gasteiger partial charge in [0.2, 0.25) is 5.91 Å². The second-order valence-electron chi connectivity index (χ2n) is 6.04. The Bertz CT molecular complexity index is 950. The number of amides is 4. The van der Waals surface area contributed by atoms with Crippen molar-refractivity contribution in [1.82, 2.24) is 21.7 Å². The summed E-state index contributed by atoms with van der Waals surface area (Å²) in [5, 5.41) is 0. The van der Waals surface area contributed by atoms with Crippen LogP contribution in [-0.4, -0.2) is 36.2 Å². The van der Waals surface area contributed by atoms with Gasteiger partial charge >= 0.3 is 5.97 Å². The first kappa shape index (κ1) is 23.5. The summed E-state index contributed by atoms with van der Waals surface area (Å²) in [5.74, 6) is -3.19. The summed E-state index contributed by atoms with van der Waals surface area (Å²) in [6.45, 7) is -0.633. The van der Waals surface area contributed by atoms with Crippen molar-refractivity contribution < 1.29 is 28.7 Å². The van der Waals surface area contributed by atoms with Crippen LogP contribution in [0, 0.1) is 0 Å². The first-order valence-corrected chi connectivity index (χ1v) is 9.79. The molecule has 10 nitrogen and oxygen atoms in total. The van der Waals surface area contributed by atoms with Gasteiger partial charge in [0.1, 0.15) is 0 Å². The molecule has 0 spiro atoms. The molecule has 0 heterocycles. The highest BCUT2D eigenvalue weighted by Gasteiger charge is 2.12. The number of esters is 1. The average Bonchev–Trinajstić information content (AvgIpc) is 2.79. The normalized spacial score (nSPS) is 9.84. The van der Waals surface area contributed by atoms with Gasteiger partial charge in [-0.1, -0.05) is 34.1 Å². The summed E-state index contributed by atoms with van der Waals surface area (Å²) in [4.78, 5) is 58.6. The molecule has 0 aliphatic heterocycles. The fourth-order valence-corrected chi connectivity index (χ4v) is 2.38. The molecule has 31 heavy (non-hydrogen) atoms. The average molecular weight is 491 g/mol. The fraction of sp³-hybridized carbons (Fsp3) is 0.150. The van der Waals surface area contributed by atoms with Crippen LogP contribution in [0.25, 0.3) is 0 Å². The molecule has 0 saturated heterocycles. The number of carbonyl (C=O) groups excluding carboxylic acids is 5. The Hall–Kier alpha value is -3.73. The maximum absolute atomic E-state index is 11.9. The fourth-order valence-electron chi connectivity index (χ4n) is 2.12. The molecule has 2 aromatic rings. The highest BCUT2D eigenvalue weighted by Crippen LogP contribution is 2.10. The maximum Gasteiger partial charge on any atom is 0.306 e. The van der Waals surface area contributed by atoms with Crippen molar-refractivity contribution in [1.29, 1.82) is 0 Å². The summed E-state index contributed by atoms with van der Waals surface area (Å²) in [6, 6.07) is 14.7. The molecule has 2 aromatic carbocycles. The van der Waals surface area contributed by atoms with E-state index >= 15 is 0 Å². The van der Waals surface area contributed by atoms with E-state index < -0.39 is 36.2 Å². The van der Waals surface area contributed by atoms with Gasteiger partial charge in [-0.2, -0.15) is 0 Å². The predicted octanol–water partition coefficient (Wildman–Crippen LogP) is 0.995. The molecular weight excluding hydrogens is 472 g/mol. The van der Waals surface area contributed by atoms with Crippen LogP contribution in [0.15, 0.2) is 59.1 Å². The second kappa shape index (κ2) is 12.1. The van der Waals surface area contributed by atoms with Crippen molar-refractivity contribution in [3.8, 4) is 0 Å². The molecule has 2 rings (SSSR count). The summed E-state index contributed by atoms with van der Waals surface area (Å²) < 4.78 is 5.53. The number of nitrogens with one attached hydrogen (secondary N) is 4. The molecule has 4 N–H and O–H groups in total. The molecule has 162 valence electrons. The maximum atomic E-state index is 11.9. The van der Waals surface area contributed by atoms with Gasteiger partial charge in [0.25, 0.3) is 17.7 Å². The molecule has 0 atom stereocenters. The van der Waals surface area contributed by atoms with E-state index in [-0.39, 0.29) is 12.8 Å². The lowest BCUT2D eigenvalue weighted by Crippen LogP contribution is -2.43. The number of hydrazine groups is 2. The van der Waals surface area contributed by atoms with Crippen molar-refractivity contribution >= 4 is 45.5 Å². The molecule has 0 aromatic heterocycles. The Morgan fingerprint density at radius 1 is 0.677 bits per heavy atom. The van der Waals surface area contributed by atoms with Gasteiger partial charge < -0.3 is 4.74 Å². The number of ether oxygens (including phenoxy) is 1. The second-order valence-corrected chi connectivity index (χ2v) is 6.95. The minimum Gasteiger partial charge on any atom is -0.455 e. The van der Waals surface area contributed by atoms with Gasteiger partial charge in [-0.05, 0) is 36.4 Å². The SMILES string of the molecule is O=C(CCC(=O)OCC(=O)NNC(=O)c1ccc(Br)cc1)NNC(=O)c1ccccc1. The van der Waals surface area contributed by atoms with Crippen molar-refractivity contribution in [2.24, 2.45) is 0 Å². The quantitative estimate of drug-likeness (QED) is 0.336. The van der Waals surface area contributed by atoms with Crippen LogP contribution in [0.5, 0.6) is 0 Å². The molecule has 0 saturated carbocycles. The topological polar surface area (TPSA) is 143 Å². The lowest BCUT2D eigenvalue weighted by molar-refractivity contribution is -0.149. The number of rotatable bonds is 7. The van der Waals surface area contributed by atoms with Crippen molar-refractivity contribution in [3.63, 3.8) is 0 Å². The molecule has 0 radical (unpaired) electrons. The van der Waals surface area contributed by atoms with Crippen LogP contribution < -0.4 is 21.7 Å². The summed E-state index contributed by atoms with van der Waals surface area (Å²) in [5.41, 5.74) is 9.38. The minimum atomic E-state index is -0.793. The van der Waals surface area contributed by atoms with E-state index in [1.54, 1.807) is 54.6 Å². The van der Waals surface area contributed by atoms with E-state index in [0.29, 0.717) is 11.1 Å². The van der Waals surface area contributed by atoms with Gasteiger partial charge in [-0.25, -0.2) is 0 Å². The summed E-state index contributed by atoms with van der Waals surface area (Å²) in [6.07, 6.45) is -0.554. The number of benzene rings is 2. The zero-order chi connectivity index (χ0) is 22.6. The molecule has 11 heteroatoms. The number of halogens is 1. The van der Waals surface area contributed by atoms with Crippen LogP contribution in [0.1, 0.15) is 33.6 Å². The minimum absolute atomic E-state index is 0.254. The third kappa shape index (κ3) is 8.66. The molecule has 0 fully saturated rings. The molecule has 4 amide bonds. The van der Waals surface area contributed by atoms with Gasteiger partial charge in [-0.15, -0.1) is 0 Å². The Morgan fingerprint density at radius 3 is 1.84 bits per heavy atom. The van der Waals surface area contributed by atoms with Crippen LogP contribution >= 0.6 is 15.9 Å². The highest BCUT2D eigenvalue weighted by molar-refractivity contribution is 9.10.